The molecule has 3 aromatic carbocycles. The average molecular weight is 467 g/mol. The maximum Gasteiger partial charge on any atom is 0.307 e. The summed E-state index contributed by atoms with van der Waals surface area (Å²) in [5, 5.41) is 15.2. The number of aromatic amines is 1. The van der Waals surface area contributed by atoms with Crippen molar-refractivity contribution in [1.82, 2.24) is 4.98 Å². The molecule has 5 rings (SSSR count). The van der Waals surface area contributed by atoms with E-state index >= 15 is 0 Å². The number of aliphatic carboxylic acids is 1. The Morgan fingerprint density at radius 3 is 2.26 bits per heavy atom. The summed E-state index contributed by atoms with van der Waals surface area (Å²) in [4.78, 5) is 38.0. The number of rotatable bonds is 5. The van der Waals surface area contributed by atoms with Crippen molar-refractivity contribution in [1.29, 1.82) is 0 Å². The van der Waals surface area contributed by atoms with Gasteiger partial charge in [-0.25, -0.2) is 0 Å². The predicted molar refractivity (Wildman–Crippen MR) is 134 cm³/mol. The highest BCUT2D eigenvalue weighted by Crippen LogP contribution is 2.37. The van der Waals surface area contributed by atoms with Crippen molar-refractivity contribution in [2.45, 2.75) is 6.42 Å². The lowest BCUT2D eigenvalue weighted by Gasteiger charge is -2.13. The Labute approximate surface area is 200 Å². The highest BCUT2D eigenvalue weighted by atomic mass is 16.5. The minimum absolute atomic E-state index is 0.128. The first-order valence-corrected chi connectivity index (χ1v) is 10.9. The number of fused-ring (bicyclic) bond motifs is 2. The van der Waals surface area contributed by atoms with Gasteiger partial charge in [-0.05, 0) is 59.2 Å². The van der Waals surface area contributed by atoms with Crippen LogP contribution in [0.2, 0.25) is 0 Å². The summed E-state index contributed by atoms with van der Waals surface area (Å²) in [6.45, 7) is 0. The van der Waals surface area contributed by atoms with E-state index in [1.165, 1.54) is 6.07 Å². The molecule has 0 radical (unpaired) electrons. The lowest BCUT2D eigenvalue weighted by Crippen LogP contribution is -2.11. The number of amides is 1. The van der Waals surface area contributed by atoms with Crippen LogP contribution in [0.5, 0.6) is 5.75 Å². The number of benzene rings is 3. The van der Waals surface area contributed by atoms with E-state index in [0.29, 0.717) is 33.9 Å². The van der Waals surface area contributed by atoms with Gasteiger partial charge in [0.15, 0.2) is 0 Å². The maximum atomic E-state index is 12.9. The van der Waals surface area contributed by atoms with Crippen LogP contribution in [-0.2, 0) is 11.2 Å². The number of nitrogens with one attached hydrogen (secondary N) is 3. The summed E-state index contributed by atoms with van der Waals surface area (Å²) >= 11 is 0. The van der Waals surface area contributed by atoms with E-state index in [9.17, 15) is 14.4 Å². The van der Waals surface area contributed by atoms with Gasteiger partial charge in [0.2, 0.25) is 5.56 Å². The topological polar surface area (TPSA) is 121 Å². The Morgan fingerprint density at radius 2 is 1.54 bits per heavy atom. The highest BCUT2D eigenvalue weighted by Gasteiger charge is 2.20. The molecule has 0 bridgehead atoms. The maximum absolute atomic E-state index is 12.9. The quantitative estimate of drug-likeness (QED) is 0.339. The van der Waals surface area contributed by atoms with Gasteiger partial charge in [-0.1, -0.05) is 18.2 Å². The van der Waals surface area contributed by atoms with Crippen molar-refractivity contribution >= 4 is 28.9 Å². The number of carboxylic acids is 1. The average Bonchev–Trinajstić information content (AvgIpc) is 2.98. The van der Waals surface area contributed by atoms with Crippen LogP contribution in [0.3, 0.4) is 0 Å². The molecule has 0 atom stereocenters. The molecule has 35 heavy (non-hydrogen) atoms. The molecule has 0 spiro atoms. The van der Waals surface area contributed by atoms with Crippen LogP contribution in [0, 0.1) is 0 Å². The molecule has 4 aromatic rings. The third-order valence-electron chi connectivity index (χ3n) is 5.85. The van der Waals surface area contributed by atoms with Crippen molar-refractivity contribution in [3.05, 3.63) is 94.4 Å². The van der Waals surface area contributed by atoms with Crippen LogP contribution < -0.4 is 20.9 Å². The Morgan fingerprint density at radius 1 is 0.800 bits per heavy atom. The van der Waals surface area contributed by atoms with E-state index in [-0.39, 0.29) is 17.9 Å². The standard InChI is InChI=1S/C27H21N3O5/c1-35-24-13-17(3-6-19(24)18-5-9-25(31)28-14-18)16-4-7-20-22(12-16)29-21-8-2-15(11-26(32)33)10-23(21)30-27(20)34/h2-10,12-14,29H,11H2,1H3,(H,28,31)(H,30,34)(H,32,33). The second-order valence-corrected chi connectivity index (χ2v) is 8.15. The van der Waals surface area contributed by atoms with Crippen LogP contribution in [0.15, 0.2) is 77.7 Å². The SMILES string of the molecule is COc1cc(-c2ccc3c(c2)Nc2ccc(CC(=O)O)cc2NC3=O)ccc1-c1ccc(=O)[nH]c1. The van der Waals surface area contributed by atoms with Crippen molar-refractivity contribution in [3.63, 3.8) is 0 Å². The molecule has 8 nitrogen and oxygen atoms in total. The number of carbonyl (C=O) groups excluding carboxylic acids is 1. The monoisotopic (exact) mass is 467 g/mol. The van der Waals surface area contributed by atoms with Gasteiger partial charge < -0.3 is 25.5 Å². The summed E-state index contributed by atoms with van der Waals surface area (Å²) in [6, 6.07) is 19.6. The van der Waals surface area contributed by atoms with Crippen molar-refractivity contribution in [2.24, 2.45) is 0 Å². The number of H-pyrrole nitrogens is 1. The fourth-order valence-electron chi connectivity index (χ4n) is 4.14. The molecule has 8 heteroatoms. The van der Waals surface area contributed by atoms with E-state index in [1.54, 1.807) is 43.6 Å². The fraction of sp³-hybridized carbons (Fsp3) is 0.0741. The van der Waals surface area contributed by atoms with Crippen LogP contribution in [0.1, 0.15) is 15.9 Å². The van der Waals surface area contributed by atoms with Crippen molar-refractivity contribution in [2.75, 3.05) is 17.7 Å². The number of aromatic nitrogens is 1. The zero-order chi connectivity index (χ0) is 24.5. The third-order valence-corrected chi connectivity index (χ3v) is 5.85. The number of methoxy groups -OCH3 is 1. The molecule has 1 amide bonds. The van der Waals surface area contributed by atoms with E-state index in [0.717, 1.165) is 22.3 Å². The van der Waals surface area contributed by atoms with Gasteiger partial charge in [-0.15, -0.1) is 0 Å². The summed E-state index contributed by atoms with van der Waals surface area (Å²) in [5.74, 6) is -0.574. The summed E-state index contributed by atoms with van der Waals surface area (Å²) in [7, 11) is 1.59. The van der Waals surface area contributed by atoms with Gasteiger partial charge in [0, 0.05) is 23.4 Å². The number of carboxylic acid groups (broad SMARTS) is 1. The summed E-state index contributed by atoms with van der Waals surface area (Å²) in [5.41, 5.74) is 6.16. The summed E-state index contributed by atoms with van der Waals surface area (Å²) in [6.07, 6.45) is 1.52. The van der Waals surface area contributed by atoms with Crippen LogP contribution in [0.4, 0.5) is 17.1 Å². The number of ether oxygens (including phenoxy) is 1. The number of pyridine rings is 1. The first-order valence-electron chi connectivity index (χ1n) is 10.9. The third kappa shape index (κ3) is 4.37. The van der Waals surface area contributed by atoms with Gasteiger partial charge >= 0.3 is 5.97 Å². The number of hydrogen-bond donors (Lipinski definition) is 4. The van der Waals surface area contributed by atoms with E-state index < -0.39 is 5.97 Å². The lowest BCUT2D eigenvalue weighted by molar-refractivity contribution is -0.136. The van der Waals surface area contributed by atoms with Crippen LogP contribution in [0.25, 0.3) is 22.3 Å². The molecule has 0 fully saturated rings. The number of carbonyl (C=O) groups is 2. The molecule has 0 saturated heterocycles. The smallest absolute Gasteiger partial charge is 0.307 e. The molecule has 2 heterocycles. The Hall–Kier alpha value is -4.85. The zero-order valence-corrected chi connectivity index (χ0v) is 18.7. The normalized spacial score (nSPS) is 12.0. The fourth-order valence-corrected chi connectivity index (χ4v) is 4.14. The van der Waals surface area contributed by atoms with Crippen LogP contribution >= 0.6 is 0 Å². The predicted octanol–water partition coefficient (Wildman–Crippen LogP) is 4.65. The van der Waals surface area contributed by atoms with E-state index in [1.807, 2.05) is 30.3 Å². The molecular weight excluding hydrogens is 446 g/mol. The van der Waals surface area contributed by atoms with Gasteiger partial charge in [-0.2, -0.15) is 0 Å². The number of anilines is 3. The van der Waals surface area contributed by atoms with Gasteiger partial charge in [0.25, 0.3) is 5.91 Å². The largest absolute Gasteiger partial charge is 0.496 e. The molecule has 4 N–H and O–H groups in total. The van der Waals surface area contributed by atoms with Crippen molar-refractivity contribution < 1.29 is 19.4 Å². The molecule has 174 valence electrons. The van der Waals surface area contributed by atoms with E-state index in [4.69, 9.17) is 9.84 Å². The molecule has 0 saturated carbocycles. The molecular formula is C27H21N3O5. The first kappa shape index (κ1) is 22.0. The minimum Gasteiger partial charge on any atom is -0.496 e. The minimum atomic E-state index is -0.937. The molecule has 1 aromatic heterocycles. The Bertz CT molecular complexity index is 1520. The van der Waals surface area contributed by atoms with Crippen molar-refractivity contribution in [3.8, 4) is 28.0 Å². The van der Waals surface area contributed by atoms with Crippen LogP contribution in [-0.4, -0.2) is 29.1 Å². The van der Waals surface area contributed by atoms with Gasteiger partial charge in [0.1, 0.15) is 5.75 Å². The highest BCUT2D eigenvalue weighted by molar-refractivity contribution is 6.12. The first-order chi connectivity index (χ1) is 16.9. The second kappa shape index (κ2) is 8.83. The molecule has 1 aliphatic heterocycles. The lowest BCUT2D eigenvalue weighted by atomic mass is 9.98. The zero-order valence-electron chi connectivity index (χ0n) is 18.7. The van der Waals surface area contributed by atoms with Gasteiger partial charge in [0.05, 0.1) is 36.2 Å². The second-order valence-electron chi connectivity index (χ2n) is 8.15. The summed E-state index contributed by atoms with van der Waals surface area (Å²) < 4.78 is 5.61. The molecule has 0 unspecified atom stereocenters. The number of hydrogen-bond acceptors (Lipinski definition) is 5. The molecule has 1 aliphatic rings. The van der Waals surface area contributed by atoms with E-state index in [2.05, 4.69) is 15.6 Å². The molecule has 0 aliphatic carbocycles. The Balaban J connectivity index is 1.51. The Kier molecular flexibility index (Phi) is 5.54. The van der Waals surface area contributed by atoms with Gasteiger partial charge in [-0.3, -0.25) is 14.4 Å².